The lowest BCUT2D eigenvalue weighted by atomic mass is 10.2. The summed E-state index contributed by atoms with van der Waals surface area (Å²) in [5.74, 6) is 0.715. The fourth-order valence-electron chi connectivity index (χ4n) is 1.42. The Morgan fingerprint density at radius 2 is 2.00 bits per heavy atom. The van der Waals surface area contributed by atoms with Gasteiger partial charge in [-0.2, -0.15) is 0 Å². The number of hydrogen-bond donors (Lipinski definition) is 1. The van der Waals surface area contributed by atoms with Crippen molar-refractivity contribution in [3.8, 4) is 5.75 Å². The molecule has 1 saturated carbocycles. The van der Waals surface area contributed by atoms with Crippen LogP contribution in [-0.2, 0) is 4.79 Å². The average molecular weight is 219 g/mol. The maximum absolute atomic E-state index is 11.6. The molecule has 1 unspecified atom stereocenters. The predicted octanol–water partition coefficient (Wildman–Crippen LogP) is 2.04. The fraction of sp³-hybridized carbons (Fsp3) is 0.462. The van der Waals surface area contributed by atoms with E-state index in [-0.39, 0.29) is 5.91 Å². The van der Waals surface area contributed by atoms with Gasteiger partial charge in [0.1, 0.15) is 5.75 Å². The number of carbonyl (C=O) groups is 1. The van der Waals surface area contributed by atoms with Gasteiger partial charge in [-0.05, 0) is 38.8 Å². The molecular formula is C13H17NO2. The first-order valence-corrected chi connectivity index (χ1v) is 5.69. The predicted molar refractivity (Wildman–Crippen MR) is 62.4 cm³/mol. The van der Waals surface area contributed by atoms with Crippen LogP contribution >= 0.6 is 0 Å². The van der Waals surface area contributed by atoms with Crippen molar-refractivity contribution < 1.29 is 9.53 Å². The Morgan fingerprint density at radius 3 is 2.56 bits per heavy atom. The van der Waals surface area contributed by atoms with Crippen LogP contribution in [0.2, 0.25) is 0 Å². The molecule has 0 saturated heterocycles. The molecule has 0 heterocycles. The third kappa shape index (κ3) is 2.99. The Bertz CT molecular complexity index is 368. The summed E-state index contributed by atoms with van der Waals surface area (Å²) >= 11 is 0. The quantitative estimate of drug-likeness (QED) is 0.841. The highest BCUT2D eigenvalue weighted by atomic mass is 16.5. The lowest BCUT2D eigenvalue weighted by Crippen LogP contribution is -2.37. The number of nitrogens with one attached hydrogen (secondary N) is 1. The summed E-state index contributed by atoms with van der Waals surface area (Å²) in [6.07, 6.45) is 1.77. The third-order valence-electron chi connectivity index (χ3n) is 2.63. The Morgan fingerprint density at radius 1 is 1.38 bits per heavy atom. The van der Waals surface area contributed by atoms with Crippen LogP contribution in [-0.4, -0.2) is 18.1 Å². The Balaban J connectivity index is 1.87. The zero-order chi connectivity index (χ0) is 11.5. The fourth-order valence-corrected chi connectivity index (χ4v) is 1.42. The van der Waals surface area contributed by atoms with Gasteiger partial charge in [0.15, 0.2) is 6.10 Å². The van der Waals surface area contributed by atoms with Gasteiger partial charge in [-0.1, -0.05) is 17.7 Å². The van der Waals surface area contributed by atoms with Gasteiger partial charge in [0.25, 0.3) is 5.91 Å². The maximum atomic E-state index is 11.6. The number of benzene rings is 1. The number of hydrogen-bond acceptors (Lipinski definition) is 2. The molecule has 1 atom stereocenters. The van der Waals surface area contributed by atoms with Crippen molar-refractivity contribution >= 4 is 5.91 Å². The molecule has 0 aliphatic heterocycles. The standard InChI is InChI=1S/C13H17NO2/c1-9-3-7-12(8-4-9)16-10(2)13(15)14-11-5-6-11/h3-4,7-8,10-11H,5-6H2,1-2H3,(H,14,15). The van der Waals surface area contributed by atoms with Crippen LogP contribution in [0, 0.1) is 6.92 Å². The molecule has 2 rings (SSSR count). The van der Waals surface area contributed by atoms with E-state index in [1.54, 1.807) is 6.92 Å². The monoisotopic (exact) mass is 219 g/mol. The summed E-state index contributed by atoms with van der Waals surface area (Å²) in [4.78, 5) is 11.6. The van der Waals surface area contributed by atoms with Gasteiger partial charge in [-0.3, -0.25) is 4.79 Å². The molecule has 16 heavy (non-hydrogen) atoms. The van der Waals surface area contributed by atoms with Crippen molar-refractivity contribution in [2.75, 3.05) is 0 Å². The lowest BCUT2D eigenvalue weighted by Gasteiger charge is -2.14. The molecule has 1 aliphatic carbocycles. The van der Waals surface area contributed by atoms with Crippen LogP contribution in [0.3, 0.4) is 0 Å². The van der Waals surface area contributed by atoms with E-state index in [0.717, 1.165) is 18.6 Å². The Labute approximate surface area is 95.8 Å². The first kappa shape index (κ1) is 11.0. The average Bonchev–Trinajstić information content (AvgIpc) is 3.05. The molecule has 1 fully saturated rings. The highest BCUT2D eigenvalue weighted by molar-refractivity contribution is 5.81. The summed E-state index contributed by atoms with van der Waals surface area (Å²) in [5, 5.41) is 2.92. The van der Waals surface area contributed by atoms with Gasteiger partial charge in [-0.25, -0.2) is 0 Å². The topological polar surface area (TPSA) is 38.3 Å². The molecule has 3 heteroatoms. The van der Waals surface area contributed by atoms with E-state index in [0.29, 0.717) is 6.04 Å². The summed E-state index contributed by atoms with van der Waals surface area (Å²) in [6, 6.07) is 8.10. The Hall–Kier alpha value is -1.51. The molecule has 0 aromatic heterocycles. The van der Waals surface area contributed by atoms with Crippen molar-refractivity contribution in [3.05, 3.63) is 29.8 Å². The second-order valence-corrected chi connectivity index (χ2v) is 4.36. The van der Waals surface area contributed by atoms with E-state index < -0.39 is 6.10 Å². The van der Waals surface area contributed by atoms with Crippen LogP contribution in [0.15, 0.2) is 24.3 Å². The highest BCUT2D eigenvalue weighted by Gasteiger charge is 2.26. The van der Waals surface area contributed by atoms with Gasteiger partial charge in [0.2, 0.25) is 0 Å². The van der Waals surface area contributed by atoms with Crippen molar-refractivity contribution in [2.45, 2.75) is 38.8 Å². The number of amides is 1. The SMILES string of the molecule is Cc1ccc(OC(C)C(=O)NC2CC2)cc1. The summed E-state index contributed by atoms with van der Waals surface area (Å²) in [7, 11) is 0. The minimum absolute atomic E-state index is 0.0249. The molecule has 1 N–H and O–H groups in total. The number of carbonyl (C=O) groups excluding carboxylic acids is 1. The molecule has 1 aliphatic rings. The van der Waals surface area contributed by atoms with Crippen molar-refractivity contribution in [1.29, 1.82) is 0 Å². The second kappa shape index (κ2) is 4.56. The van der Waals surface area contributed by atoms with Gasteiger partial charge < -0.3 is 10.1 Å². The first-order valence-electron chi connectivity index (χ1n) is 5.69. The number of rotatable bonds is 4. The third-order valence-corrected chi connectivity index (χ3v) is 2.63. The van der Waals surface area contributed by atoms with Gasteiger partial charge in [-0.15, -0.1) is 0 Å². The van der Waals surface area contributed by atoms with Crippen molar-refractivity contribution in [3.63, 3.8) is 0 Å². The summed E-state index contributed by atoms with van der Waals surface area (Å²) in [6.45, 7) is 3.80. The smallest absolute Gasteiger partial charge is 0.260 e. The van der Waals surface area contributed by atoms with Crippen LogP contribution in [0.1, 0.15) is 25.3 Å². The second-order valence-electron chi connectivity index (χ2n) is 4.36. The van der Waals surface area contributed by atoms with E-state index in [4.69, 9.17) is 4.74 Å². The van der Waals surface area contributed by atoms with Crippen molar-refractivity contribution in [1.82, 2.24) is 5.32 Å². The number of aryl methyl sites for hydroxylation is 1. The molecule has 1 amide bonds. The van der Waals surface area contributed by atoms with Crippen LogP contribution in [0.4, 0.5) is 0 Å². The normalized spacial score (nSPS) is 16.6. The number of ether oxygens (including phenoxy) is 1. The molecule has 1 aromatic carbocycles. The zero-order valence-electron chi connectivity index (χ0n) is 9.69. The van der Waals surface area contributed by atoms with E-state index in [1.807, 2.05) is 31.2 Å². The molecule has 1 aromatic rings. The van der Waals surface area contributed by atoms with Gasteiger partial charge in [0.05, 0.1) is 0 Å². The van der Waals surface area contributed by atoms with E-state index in [2.05, 4.69) is 5.32 Å². The first-order chi connectivity index (χ1) is 7.65. The molecule has 86 valence electrons. The molecule has 0 radical (unpaired) electrons. The van der Waals surface area contributed by atoms with E-state index in [9.17, 15) is 4.79 Å². The van der Waals surface area contributed by atoms with Crippen molar-refractivity contribution in [2.24, 2.45) is 0 Å². The van der Waals surface area contributed by atoms with Gasteiger partial charge >= 0.3 is 0 Å². The highest BCUT2D eigenvalue weighted by Crippen LogP contribution is 2.19. The van der Waals surface area contributed by atoms with E-state index >= 15 is 0 Å². The Kier molecular flexibility index (Phi) is 3.13. The largest absolute Gasteiger partial charge is 0.481 e. The van der Waals surface area contributed by atoms with Crippen LogP contribution in [0.25, 0.3) is 0 Å². The van der Waals surface area contributed by atoms with Crippen LogP contribution in [0.5, 0.6) is 5.75 Å². The van der Waals surface area contributed by atoms with Crippen LogP contribution < -0.4 is 10.1 Å². The maximum Gasteiger partial charge on any atom is 0.260 e. The molecular weight excluding hydrogens is 202 g/mol. The summed E-state index contributed by atoms with van der Waals surface area (Å²) in [5.41, 5.74) is 1.18. The minimum atomic E-state index is -0.427. The summed E-state index contributed by atoms with van der Waals surface area (Å²) < 4.78 is 5.55. The zero-order valence-corrected chi connectivity index (χ0v) is 9.69. The van der Waals surface area contributed by atoms with E-state index in [1.165, 1.54) is 5.56 Å². The van der Waals surface area contributed by atoms with Gasteiger partial charge in [0, 0.05) is 6.04 Å². The molecule has 0 spiro atoms. The lowest BCUT2D eigenvalue weighted by molar-refractivity contribution is -0.127. The molecule has 0 bridgehead atoms. The minimum Gasteiger partial charge on any atom is -0.481 e. The molecule has 3 nitrogen and oxygen atoms in total.